The molecule has 1 aliphatic carbocycles. The van der Waals surface area contributed by atoms with E-state index in [2.05, 4.69) is 10.3 Å². The molecule has 1 amide bonds. The summed E-state index contributed by atoms with van der Waals surface area (Å²) in [5, 5.41) is 12.3. The molecular weight excluding hydrogens is 230 g/mol. The molecule has 1 atom stereocenters. The molecule has 0 spiro atoms. The van der Waals surface area contributed by atoms with E-state index in [1.165, 1.54) is 0 Å². The normalized spacial score (nSPS) is 19.1. The molecule has 1 saturated carbocycles. The van der Waals surface area contributed by atoms with Gasteiger partial charge in [-0.25, -0.2) is 4.98 Å². The van der Waals surface area contributed by atoms with Crippen LogP contribution in [0.4, 0.5) is 0 Å². The van der Waals surface area contributed by atoms with Crippen LogP contribution in [0, 0.1) is 12.3 Å². The van der Waals surface area contributed by atoms with Gasteiger partial charge in [-0.15, -0.1) is 0 Å². The van der Waals surface area contributed by atoms with Gasteiger partial charge in [0.25, 0.3) is 0 Å². The van der Waals surface area contributed by atoms with E-state index >= 15 is 0 Å². The quantitative estimate of drug-likeness (QED) is 0.821. The molecule has 1 fully saturated rings. The third-order valence-corrected chi connectivity index (χ3v) is 4.05. The van der Waals surface area contributed by atoms with Crippen LogP contribution in [-0.4, -0.2) is 33.7 Å². The molecule has 5 heteroatoms. The first-order valence-electron chi connectivity index (χ1n) is 6.46. The van der Waals surface area contributed by atoms with Crippen LogP contribution in [0.3, 0.4) is 0 Å². The highest BCUT2D eigenvalue weighted by molar-refractivity contribution is 5.80. The lowest BCUT2D eigenvalue weighted by Gasteiger charge is -2.40. The van der Waals surface area contributed by atoms with Crippen molar-refractivity contribution in [2.24, 2.45) is 5.41 Å². The molecular formula is C13H21N3O2. The zero-order valence-corrected chi connectivity index (χ0v) is 11.0. The van der Waals surface area contributed by atoms with Gasteiger partial charge in [-0.2, -0.15) is 0 Å². The maximum absolute atomic E-state index is 12.1. The van der Waals surface area contributed by atoms with Crippen LogP contribution >= 0.6 is 0 Å². The van der Waals surface area contributed by atoms with Gasteiger partial charge in [0, 0.05) is 24.4 Å². The van der Waals surface area contributed by atoms with Gasteiger partial charge >= 0.3 is 0 Å². The highest BCUT2D eigenvalue weighted by atomic mass is 16.3. The Morgan fingerprint density at radius 1 is 1.67 bits per heavy atom. The first-order chi connectivity index (χ1) is 8.58. The topological polar surface area (TPSA) is 67.2 Å². The molecule has 1 aliphatic rings. The van der Waals surface area contributed by atoms with Gasteiger partial charge in [0.2, 0.25) is 5.91 Å². The molecule has 1 aromatic rings. The molecule has 0 unspecified atom stereocenters. The minimum absolute atomic E-state index is 0.0178. The highest BCUT2D eigenvalue weighted by Crippen LogP contribution is 2.39. The number of amides is 1. The molecule has 0 bridgehead atoms. The SMILES string of the molecule is Cc1nccn1[C@H](C)C(=O)NCC1(CO)CCC1. The molecule has 2 N–H and O–H groups in total. The molecule has 18 heavy (non-hydrogen) atoms. The molecule has 0 radical (unpaired) electrons. The standard InChI is InChI=1S/C13H21N3O2/c1-10(16-7-6-14-11(16)2)12(18)15-8-13(9-17)4-3-5-13/h6-7,10,17H,3-5,8-9H2,1-2H3,(H,15,18)/t10-/m1/s1. The maximum atomic E-state index is 12.1. The second kappa shape index (κ2) is 5.10. The zero-order chi connectivity index (χ0) is 13.2. The van der Waals surface area contributed by atoms with Crippen molar-refractivity contribution in [3.05, 3.63) is 18.2 Å². The predicted molar refractivity (Wildman–Crippen MR) is 68.1 cm³/mol. The number of nitrogens with one attached hydrogen (secondary N) is 1. The Balaban J connectivity index is 1.90. The Hall–Kier alpha value is -1.36. The lowest BCUT2D eigenvalue weighted by molar-refractivity contribution is -0.125. The van der Waals surface area contributed by atoms with Crippen molar-refractivity contribution >= 4 is 5.91 Å². The summed E-state index contributed by atoms with van der Waals surface area (Å²) in [5.74, 6) is 0.814. The lowest BCUT2D eigenvalue weighted by Crippen LogP contribution is -2.46. The van der Waals surface area contributed by atoms with Crippen LogP contribution in [0.1, 0.15) is 38.1 Å². The lowest BCUT2D eigenvalue weighted by atomic mass is 9.69. The van der Waals surface area contributed by atoms with Crippen molar-refractivity contribution in [2.45, 2.75) is 39.2 Å². The number of carbonyl (C=O) groups excluding carboxylic acids is 1. The second-order valence-electron chi connectivity index (χ2n) is 5.29. The predicted octanol–water partition coefficient (Wildman–Crippen LogP) is 1.03. The molecule has 5 nitrogen and oxygen atoms in total. The monoisotopic (exact) mass is 251 g/mol. The minimum Gasteiger partial charge on any atom is -0.396 e. The van der Waals surface area contributed by atoms with Crippen molar-refractivity contribution in [3.63, 3.8) is 0 Å². The number of nitrogens with zero attached hydrogens (tertiary/aromatic N) is 2. The van der Waals surface area contributed by atoms with Gasteiger partial charge < -0.3 is 15.0 Å². The minimum atomic E-state index is -0.261. The van der Waals surface area contributed by atoms with E-state index in [4.69, 9.17) is 0 Å². The summed E-state index contributed by atoms with van der Waals surface area (Å²) in [5.41, 5.74) is -0.0701. The van der Waals surface area contributed by atoms with E-state index in [9.17, 15) is 9.90 Å². The van der Waals surface area contributed by atoms with Gasteiger partial charge in [-0.05, 0) is 26.7 Å². The Morgan fingerprint density at radius 2 is 2.39 bits per heavy atom. The Bertz CT molecular complexity index is 418. The van der Waals surface area contributed by atoms with E-state index in [0.717, 1.165) is 25.1 Å². The second-order valence-corrected chi connectivity index (χ2v) is 5.29. The van der Waals surface area contributed by atoms with E-state index in [-0.39, 0.29) is 24.0 Å². The van der Waals surface area contributed by atoms with Crippen molar-refractivity contribution in [3.8, 4) is 0 Å². The van der Waals surface area contributed by atoms with E-state index in [1.807, 2.05) is 24.6 Å². The first-order valence-corrected chi connectivity index (χ1v) is 6.46. The van der Waals surface area contributed by atoms with Crippen LogP contribution in [0.15, 0.2) is 12.4 Å². The molecule has 0 aliphatic heterocycles. The number of aryl methyl sites for hydroxylation is 1. The van der Waals surface area contributed by atoms with Crippen LogP contribution in [0.5, 0.6) is 0 Å². The third-order valence-electron chi connectivity index (χ3n) is 4.05. The number of rotatable bonds is 5. The van der Waals surface area contributed by atoms with Crippen molar-refractivity contribution in [1.82, 2.24) is 14.9 Å². The number of hydrogen-bond acceptors (Lipinski definition) is 3. The molecule has 1 heterocycles. The average molecular weight is 251 g/mol. The van der Waals surface area contributed by atoms with Gasteiger partial charge in [0.15, 0.2) is 0 Å². The van der Waals surface area contributed by atoms with Crippen LogP contribution < -0.4 is 5.32 Å². The van der Waals surface area contributed by atoms with Gasteiger partial charge in [-0.1, -0.05) is 6.42 Å². The van der Waals surface area contributed by atoms with E-state index in [0.29, 0.717) is 6.54 Å². The number of aliphatic hydroxyl groups is 1. The fourth-order valence-electron chi connectivity index (χ4n) is 2.41. The Labute approximate surface area is 107 Å². The Morgan fingerprint density at radius 3 is 2.83 bits per heavy atom. The number of imidazole rings is 1. The van der Waals surface area contributed by atoms with Crippen LogP contribution in [0.2, 0.25) is 0 Å². The highest BCUT2D eigenvalue weighted by Gasteiger charge is 2.36. The summed E-state index contributed by atoms with van der Waals surface area (Å²) < 4.78 is 1.85. The maximum Gasteiger partial charge on any atom is 0.242 e. The smallest absolute Gasteiger partial charge is 0.242 e. The van der Waals surface area contributed by atoms with Crippen molar-refractivity contribution in [1.29, 1.82) is 0 Å². The summed E-state index contributed by atoms with van der Waals surface area (Å²) in [6.07, 6.45) is 6.65. The largest absolute Gasteiger partial charge is 0.396 e. The van der Waals surface area contributed by atoms with E-state index < -0.39 is 0 Å². The number of aliphatic hydroxyl groups excluding tert-OH is 1. The summed E-state index contributed by atoms with van der Waals surface area (Å²) in [6.45, 7) is 4.47. The summed E-state index contributed by atoms with van der Waals surface area (Å²) in [7, 11) is 0. The average Bonchev–Trinajstić information content (AvgIpc) is 2.73. The molecule has 2 rings (SSSR count). The van der Waals surface area contributed by atoms with Crippen molar-refractivity contribution in [2.75, 3.05) is 13.2 Å². The van der Waals surface area contributed by atoms with Gasteiger partial charge in [0.05, 0.1) is 6.61 Å². The van der Waals surface area contributed by atoms with Crippen LogP contribution in [0.25, 0.3) is 0 Å². The summed E-state index contributed by atoms with van der Waals surface area (Å²) in [6, 6.07) is -0.261. The zero-order valence-electron chi connectivity index (χ0n) is 11.0. The summed E-state index contributed by atoms with van der Waals surface area (Å²) in [4.78, 5) is 16.2. The molecule has 100 valence electrons. The number of aromatic nitrogens is 2. The van der Waals surface area contributed by atoms with E-state index in [1.54, 1.807) is 6.20 Å². The first kappa shape index (κ1) is 13.1. The number of hydrogen-bond donors (Lipinski definition) is 2. The molecule has 1 aromatic heterocycles. The number of carbonyl (C=O) groups is 1. The molecule has 0 saturated heterocycles. The Kier molecular flexibility index (Phi) is 3.71. The molecule has 0 aromatic carbocycles. The summed E-state index contributed by atoms with van der Waals surface area (Å²) >= 11 is 0. The fourth-order valence-corrected chi connectivity index (χ4v) is 2.41. The third kappa shape index (κ3) is 2.41. The van der Waals surface area contributed by atoms with Gasteiger partial charge in [-0.3, -0.25) is 4.79 Å². The van der Waals surface area contributed by atoms with Crippen LogP contribution in [-0.2, 0) is 4.79 Å². The van der Waals surface area contributed by atoms with Crippen molar-refractivity contribution < 1.29 is 9.90 Å². The fraction of sp³-hybridized carbons (Fsp3) is 0.692. The van der Waals surface area contributed by atoms with Gasteiger partial charge in [0.1, 0.15) is 11.9 Å².